The molecule has 1 aromatic rings. The van der Waals surface area contributed by atoms with E-state index in [1.54, 1.807) is 15.8 Å². The van der Waals surface area contributed by atoms with Gasteiger partial charge in [-0.1, -0.05) is 6.42 Å². The van der Waals surface area contributed by atoms with Crippen LogP contribution in [0.2, 0.25) is 0 Å². The number of likely N-dealkylation sites (tertiary alicyclic amines) is 1. The minimum atomic E-state index is -3.59. The van der Waals surface area contributed by atoms with Crippen molar-refractivity contribution in [3.8, 4) is 0 Å². The van der Waals surface area contributed by atoms with Crippen LogP contribution in [0.1, 0.15) is 41.8 Å². The Labute approximate surface area is 178 Å². The van der Waals surface area contributed by atoms with Crippen LogP contribution in [0.3, 0.4) is 0 Å². The van der Waals surface area contributed by atoms with Gasteiger partial charge < -0.3 is 9.80 Å². The van der Waals surface area contributed by atoms with Gasteiger partial charge in [0.15, 0.2) is 0 Å². The summed E-state index contributed by atoms with van der Waals surface area (Å²) in [6.07, 6.45) is 5.31. The fraction of sp³-hybridized carbons (Fsp3) is 0.750. The third kappa shape index (κ3) is 4.54. The molecule has 0 aliphatic carbocycles. The molecule has 1 aromatic heterocycles. The molecule has 4 rings (SSSR count). The zero-order valence-electron chi connectivity index (χ0n) is 17.3. The third-order valence-corrected chi connectivity index (χ3v) is 9.45. The smallest absolute Gasteiger partial charge is 0.265 e. The number of piperidine rings is 2. The lowest BCUT2D eigenvalue weighted by atomic mass is 10.0. The quantitative estimate of drug-likeness (QED) is 0.714. The zero-order chi connectivity index (χ0) is 20.4. The Hall–Kier alpha value is -1.00. The molecule has 3 aliphatic rings. The fourth-order valence-electron chi connectivity index (χ4n) is 4.77. The summed E-state index contributed by atoms with van der Waals surface area (Å²) in [5, 5.41) is 1.73. The summed E-state index contributed by atoms with van der Waals surface area (Å²) in [7, 11) is -1.41. The van der Waals surface area contributed by atoms with Gasteiger partial charge in [0.05, 0.1) is 0 Å². The van der Waals surface area contributed by atoms with Crippen molar-refractivity contribution in [1.29, 1.82) is 0 Å². The summed E-state index contributed by atoms with van der Waals surface area (Å²) in [6.45, 7) is 6.44. The molecule has 9 heteroatoms. The summed E-state index contributed by atoms with van der Waals surface area (Å²) in [4.78, 5) is 20.5. The number of thiophene rings is 1. The topological polar surface area (TPSA) is 64.2 Å². The molecule has 4 heterocycles. The largest absolute Gasteiger partial charge is 0.335 e. The van der Waals surface area contributed by atoms with Crippen LogP contribution < -0.4 is 0 Å². The first-order valence-corrected chi connectivity index (χ1v) is 13.1. The molecule has 0 saturated carbocycles. The predicted molar refractivity (Wildman–Crippen MR) is 115 cm³/mol. The number of rotatable bonds is 4. The maximum Gasteiger partial charge on any atom is 0.265 e. The highest BCUT2D eigenvalue weighted by Crippen LogP contribution is 2.29. The lowest BCUT2D eigenvalue weighted by Gasteiger charge is -2.42. The SMILES string of the molecule is CN1CCCC(N2CCN(C(=O)c3sccc3S(=O)(=O)N3CCCCC3)CC2)C1. The number of amides is 1. The molecule has 0 spiro atoms. The third-order valence-electron chi connectivity index (χ3n) is 6.47. The van der Waals surface area contributed by atoms with Crippen molar-refractivity contribution in [2.45, 2.75) is 43.0 Å². The summed E-state index contributed by atoms with van der Waals surface area (Å²) in [5.74, 6) is -0.129. The van der Waals surface area contributed by atoms with E-state index in [9.17, 15) is 13.2 Å². The minimum absolute atomic E-state index is 0.129. The number of nitrogens with zero attached hydrogens (tertiary/aromatic N) is 4. The Morgan fingerprint density at radius 2 is 1.72 bits per heavy atom. The van der Waals surface area contributed by atoms with Crippen LogP contribution in [0.15, 0.2) is 16.3 Å². The Morgan fingerprint density at radius 3 is 2.41 bits per heavy atom. The number of carbonyl (C=O) groups excluding carboxylic acids is 1. The van der Waals surface area contributed by atoms with E-state index in [1.165, 1.54) is 30.7 Å². The maximum absolute atomic E-state index is 13.2. The minimum Gasteiger partial charge on any atom is -0.335 e. The molecule has 29 heavy (non-hydrogen) atoms. The van der Waals surface area contributed by atoms with Crippen LogP contribution in [0.25, 0.3) is 0 Å². The normalized spacial score (nSPS) is 26.0. The van der Waals surface area contributed by atoms with Gasteiger partial charge in [-0.15, -0.1) is 11.3 Å². The first-order valence-electron chi connectivity index (χ1n) is 10.8. The van der Waals surface area contributed by atoms with Crippen LogP contribution in [0.4, 0.5) is 0 Å². The molecule has 1 unspecified atom stereocenters. The van der Waals surface area contributed by atoms with Crippen LogP contribution in [-0.2, 0) is 10.0 Å². The molecule has 7 nitrogen and oxygen atoms in total. The summed E-state index contributed by atoms with van der Waals surface area (Å²) in [5.41, 5.74) is 0. The fourth-order valence-corrected chi connectivity index (χ4v) is 7.65. The van der Waals surface area contributed by atoms with Gasteiger partial charge in [-0.2, -0.15) is 4.31 Å². The van der Waals surface area contributed by atoms with Crippen LogP contribution in [0, 0.1) is 0 Å². The van der Waals surface area contributed by atoms with E-state index in [1.807, 2.05) is 4.90 Å². The highest BCUT2D eigenvalue weighted by molar-refractivity contribution is 7.89. The van der Waals surface area contributed by atoms with Gasteiger partial charge in [0.1, 0.15) is 9.77 Å². The molecular weight excluding hydrogens is 408 g/mol. The van der Waals surface area contributed by atoms with Crippen LogP contribution >= 0.6 is 11.3 Å². The molecule has 0 bridgehead atoms. The first kappa shape index (κ1) is 21.2. The lowest BCUT2D eigenvalue weighted by molar-refractivity contribution is 0.0453. The molecule has 1 amide bonds. The average Bonchev–Trinajstić information content (AvgIpc) is 3.25. The van der Waals surface area contributed by atoms with Crippen molar-refractivity contribution < 1.29 is 13.2 Å². The van der Waals surface area contributed by atoms with Gasteiger partial charge in [-0.3, -0.25) is 9.69 Å². The molecule has 0 N–H and O–H groups in total. The van der Waals surface area contributed by atoms with Gasteiger partial charge in [0.25, 0.3) is 5.91 Å². The number of sulfonamides is 1. The second kappa shape index (κ2) is 9.01. The van der Waals surface area contributed by atoms with Crippen molar-refractivity contribution in [3.05, 3.63) is 16.3 Å². The van der Waals surface area contributed by atoms with Gasteiger partial charge in [0.2, 0.25) is 10.0 Å². The predicted octanol–water partition coefficient (Wildman–Crippen LogP) is 1.77. The van der Waals surface area contributed by atoms with Crippen molar-refractivity contribution in [3.63, 3.8) is 0 Å². The lowest BCUT2D eigenvalue weighted by Crippen LogP contribution is -2.55. The van der Waals surface area contributed by atoms with Crippen LogP contribution in [0.5, 0.6) is 0 Å². The Morgan fingerprint density at radius 1 is 1.00 bits per heavy atom. The first-order chi connectivity index (χ1) is 14.0. The number of hydrogen-bond donors (Lipinski definition) is 0. The van der Waals surface area contributed by atoms with Gasteiger partial charge >= 0.3 is 0 Å². The highest BCUT2D eigenvalue weighted by atomic mass is 32.2. The molecule has 3 fully saturated rings. The van der Waals surface area contributed by atoms with E-state index in [-0.39, 0.29) is 10.8 Å². The van der Waals surface area contributed by atoms with Crippen molar-refractivity contribution in [2.24, 2.45) is 0 Å². The Kier molecular flexibility index (Phi) is 6.60. The number of likely N-dealkylation sites (N-methyl/N-ethyl adjacent to an activating group) is 1. The second-order valence-electron chi connectivity index (χ2n) is 8.47. The zero-order valence-corrected chi connectivity index (χ0v) is 18.9. The van der Waals surface area contributed by atoms with Gasteiger partial charge in [-0.25, -0.2) is 8.42 Å². The van der Waals surface area contributed by atoms with E-state index in [0.717, 1.165) is 38.9 Å². The van der Waals surface area contributed by atoms with E-state index < -0.39 is 10.0 Å². The van der Waals surface area contributed by atoms with Crippen LogP contribution in [-0.4, -0.2) is 98.8 Å². The monoisotopic (exact) mass is 440 g/mol. The van der Waals surface area contributed by atoms with Gasteiger partial charge in [0, 0.05) is 51.9 Å². The van der Waals surface area contributed by atoms with Crippen molar-refractivity contribution in [2.75, 3.05) is 59.4 Å². The summed E-state index contributed by atoms with van der Waals surface area (Å²) < 4.78 is 27.7. The van der Waals surface area contributed by atoms with E-state index in [0.29, 0.717) is 37.1 Å². The number of piperazine rings is 1. The van der Waals surface area contributed by atoms with Crippen molar-refractivity contribution >= 4 is 27.3 Å². The molecule has 0 aromatic carbocycles. The van der Waals surface area contributed by atoms with Gasteiger partial charge in [-0.05, 0) is 50.7 Å². The highest BCUT2D eigenvalue weighted by Gasteiger charge is 2.34. The van der Waals surface area contributed by atoms with E-state index in [2.05, 4.69) is 16.8 Å². The molecule has 0 radical (unpaired) electrons. The Bertz CT molecular complexity index is 811. The molecule has 162 valence electrons. The summed E-state index contributed by atoms with van der Waals surface area (Å²) in [6, 6.07) is 2.18. The molecule has 3 saturated heterocycles. The molecular formula is C20H32N4O3S2. The Balaban J connectivity index is 1.42. The average molecular weight is 441 g/mol. The standard InChI is InChI=1S/C20H32N4O3S2/c1-21-8-5-6-17(16-21)22-11-13-23(14-12-22)20(25)19-18(7-15-28-19)29(26,27)24-9-3-2-4-10-24/h7,15,17H,2-6,8-14,16H2,1H3. The maximum atomic E-state index is 13.2. The molecule has 1 atom stereocenters. The summed E-state index contributed by atoms with van der Waals surface area (Å²) >= 11 is 1.25. The number of carbonyl (C=O) groups is 1. The van der Waals surface area contributed by atoms with E-state index >= 15 is 0 Å². The second-order valence-corrected chi connectivity index (χ2v) is 11.3. The van der Waals surface area contributed by atoms with Crippen molar-refractivity contribution in [1.82, 2.24) is 19.0 Å². The number of hydrogen-bond acceptors (Lipinski definition) is 6. The van der Waals surface area contributed by atoms with E-state index in [4.69, 9.17) is 0 Å². The molecule has 3 aliphatic heterocycles.